The second-order valence-corrected chi connectivity index (χ2v) is 8.18. The van der Waals surface area contributed by atoms with Crippen LogP contribution < -0.4 is 5.32 Å². The van der Waals surface area contributed by atoms with Gasteiger partial charge < -0.3 is 10.1 Å². The van der Waals surface area contributed by atoms with E-state index in [1.165, 1.54) is 76.1 Å². The summed E-state index contributed by atoms with van der Waals surface area (Å²) in [5.41, 5.74) is 0.229. The number of ether oxygens (including phenoxy) is 1. The van der Waals surface area contributed by atoms with Crippen LogP contribution in [0.3, 0.4) is 0 Å². The van der Waals surface area contributed by atoms with Gasteiger partial charge in [0.25, 0.3) is 0 Å². The highest BCUT2D eigenvalue weighted by Gasteiger charge is 2.43. The molecule has 0 saturated carbocycles. The predicted octanol–water partition coefficient (Wildman–Crippen LogP) is 2.90. The van der Waals surface area contributed by atoms with Gasteiger partial charge in [0.05, 0.1) is 5.60 Å². The van der Waals surface area contributed by atoms with E-state index in [0.717, 1.165) is 18.7 Å². The van der Waals surface area contributed by atoms with Crippen LogP contribution in [0.4, 0.5) is 0 Å². The summed E-state index contributed by atoms with van der Waals surface area (Å²) in [5, 5.41) is 3.66. The second kappa shape index (κ2) is 7.67. The van der Waals surface area contributed by atoms with Gasteiger partial charge in [-0.2, -0.15) is 11.8 Å². The van der Waals surface area contributed by atoms with Crippen molar-refractivity contribution in [1.82, 2.24) is 10.2 Å². The number of nitrogens with one attached hydrogen (secondary N) is 1. The molecule has 0 aromatic heterocycles. The molecule has 3 rings (SSSR count). The molecule has 21 heavy (non-hydrogen) atoms. The molecule has 0 radical (unpaired) electrons. The lowest BCUT2D eigenvalue weighted by molar-refractivity contribution is -0.0983. The average molecular weight is 313 g/mol. The molecule has 3 heterocycles. The van der Waals surface area contributed by atoms with Gasteiger partial charge in [-0.05, 0) is 57.4 Å². The number of nitrogens with zero attached hydrogens (tertiary/aromatic N) is 1. The Kier molecular flexibility index (Phi) is 5.88. The first-order valence-corrected chi connectivity index (χ1v) is 10.2. The fraction of sp³-hybridized carbons (Fsp3) is 1.00. The highest BCUT2D eigenvalue weighted by molar-refractivity contribution is 7.99. The monoisotopic (exact) mass is 312 g/mol. The van der Waals surface area contributed by atoms with Gasteiger partial charge in [0.15, 0.2) is 0 Å². The highest BCUT2D eigenvalue weighted by atomic mass is 32.2. The Hall–Kier alpha value is 0.230. The van der Waals surface area contributed by atoms with Crippen LogP contribution in [0.15, 0.2) is 0 Å². The van der Waals surface area contributed by atoms with Crippen molar-refractivity contribution in [2.45, 2.75) is 69.6 Å². The van der Waals surface area contributed by atoms with Crippen molar-refractivity contribution in [3.63, 3.8) is 0 Å². The topological polar surface area (TPSA) is 24.5 Å². The first-order valence-electron chi connectivity index (χ1n) is 9.01. The largest absolute Gasteiger partial charge is 0.374 e. The summed E-state index contributed by atoms with van der Waals surface area (Å²) in [6.07, 6.45) is 9.24. The fourth-order valence-corrected chi connectivity index (χ4v) is 5.69. The van der Waals surface area contributed by atoms with Crippen molar-refractivity contribution in [2.75, 3.05) is 37.7 Å². The lowest BCUT2D eigenvalue weighted by Crippen LogP contribution is -2.55. The Morgan fingerprint density at radius 2 is 2.29 bits per heavy atom. The van der Waals surface area contributed by atoms with Crippen LogP contribution in [0.2, 0.25) is 0 Å². The maximum atomic E-state index is 6.22. The van der Waals surface area contributed by atoms with E-state index in [2.05, 4.69) is 28.9 Å². The lowest BCUT2D eigenvalue weighted by atomic mass is 9.87. The molecule has 3 saturated heterocycles. The molecule has 0 aromatic rings. The number of thioether (sulfide) groups is 1. The van der Waals surface area contributed by atoms with E-state index < -0.39 is 0 Å². The summed E-state index contributed by atoms with van der Waals surface area (Å²) in [6.45, 7) is 6.90. The van der Waals surface area contributed by atoms with Crippen LogP contribution in [-0.4, -0.2) is 60.3 Å². The Balaban J connectivity index is 1.59. The molecule has 0 aromatic carbocycles. The smallest absolute Gasteiger partial charge is 0.0795 e. The Bertz CT molecular complexity index is 320. The third kappa shape index (κ3) is 3.95. The molecule has 3 aliphatic rings. The standard InChI is InChI=1S/C17H32N2OS/c1-2-8-18-13-16-5-3-4-9-19(16)15-6-10-20-17(12-15)7-11-21-14-17/h15-16,18H,2-14H2,1H3. The molecule has 3 aliphatic heterocycles. The van der Waals surface area contributed by atoms with Crippen LogP contribution in [0.1, 0.15) is 51.9 Å². The van der Waals surface area contributed by atoms with E-state index in [4.69, 9.17) is 4.74 Å². The van der Waals surface area contributed by atoms with Crippen molar-refractivity contribution >= 4 is 11.8 Å². The minimum atomic E-state index is 0.229. The van der Waals surface area contributed by atoms with Crippen LogP contribution >= 0.6 is 11.8 Å². The molecule has 1 spiro atoms. The zero-order valence-electron chi connectivity index (χ0n) is 13.6. The molecule has 0 bridgehead atoms. The number of hydrogen-bond acceptors (Lipinski definition) is 4. The summed E-state index contributed by atoms with van der Waals surface area (Å²) in [6, 6.07) is 1.53. The van der Waals surface area contributed by atoms with Crippen LogP contribution in [0.25, 0.3) is 0 Å². The molecule has 0 amide bonds. The predicted molar refractivity (Wildman–Crippen MR) is 91.2 cm³/mol. The van der Waals surface area contributed by atoms with Gasteiger partial charge in [0.2, 0.25) is 0 Å². The van der Waals surface area contributed by atoms with E-state index in [-0.39, 0.29) is 5.60 Å². The summed E-state index contributed by atoms with van der Waals surface area (Å²) >= 11 is 2.09. The first kappa shape index (κ1) is 16.1. The summed E-state index contributed by atoms with van der Waals surface area (Å²) < 4.78 is 6.22. The maximum absolute atomic E-state index is 6.22. The van der Waals surface area contributed by atoms with Crippen molar-refractivity contribution in [3.8, 4) is 0 Å². The van der Waals surface area contributed by atoms with Crippen molar-refractivity contribution in [1.29, 1.82) is 0 Å². The Labute approximate surface area is 134 Å². The molecular formula is C17H32N2OS. The molecule has 3 unspecified atom stereocenters. The van der Waals surface area contributed by atoms with Crippen LogP contribution in [-0.2, 0) is 4.74 Å². The van der Waals surface area contributed by atoms with Gasteiger partial charge in [-0.1, -0.05) is 13.3 Å². The highest BCUT2D eigenvalue weighted by Crippen LogP contribution is 2.40. The molecule has 0 aliphatic carbocycles. The third-order valence-corrected chi connectivity index (χ3v) is 6.71. The molecule has 122 valence electrons. The number of likely N-dealkylation sites (tertiary alicyclic amines) is 1. The van der Waals surface area contributed by atoms with Crippen molar-refractivity contribution in [3.05, 3.63) is 0 Å². The van der Waals surface area contributed by atoms with E-state index in [1.54, 1.807) is 0 Å². The third-order valence-electron chi connectivity index (χ3n) is 5.48. The van der Waals surface area contributed by atoms with E-state index in [1.807, 2.05) is 0 Å². The van der Waals surface area contributed by atoms with Gasteiger partial charge in [-0.15, -0.1) is 0 Å². The summed E-state index contributed by atoms with van der Waals surface area (Å²) in [5.74, 6) is 2.53. The van der Waals surface area contributed by atoms with Gasteiger partial charge >= 0.3 is 0 Å². The number of rotatable bonds is 5. The molecule has 3 nitrogen and oxygen atoms in total. The Morgan fingerprint density at radius 3 is 3.10 bits per heavy atom. The quantitative estimate of drug-likeness (QED) is 0.789. The SMILES string of the molecule is CCCNCC1CCCCN1C1CCOC2(CCSC2)C1. The first-order chi connectivity index (χ1) is 10.3. The normalized spacial score (nSPS) is 38.1. The average Bonchev–Trinajstić information content (AvgIpc) is 2.96. The molecule has 3 fully saturated rings. The number of hydrogen-bond donors (Lipinski definition) is 1. The Morgan fingerprint density at radius 1 is 1.33 bits per heavy atom. The molecule has 3 atom stereocenters. The van der Waals surface area contributed by atoms with E-state index in [0.29, 0.717) is 0 Å². The number of piperidine rings is 1. The second-order valence-electron chi connectivity index (χ2n) is 7.07. The van der Waals surface area contributed by atoms with Crippen LogP contribution in [0.5, 0.6) is 0 Å². The minimum Gasteiger partial charge on any atom is -0.374 e. The fourth-order valence-electron chi connectivity index (χ4n) is 4.32. The molecule has 1 N–H and O–H groups in total. The molecule has 4 heteroatoms. The summed E-state index contributed by atoms with van der Waals surface area (Å²) in [4.78, 5) is 2.85. The minimum absolute atomic E-state index is 0.229. The van der Waals surface area contributed by atoms with Crippen molar-refractivity contribution in [2.24, 2.45) is 0 Å². The van der Waals surface area contributed by atoms with Crippen LogP contribution in [0, 0.1) is 0 Å². The van der Waals surface area contributed by atoms with Gasteiger partial charge in [-0.3, -0.25) is 4.90 Å². The molecular weight excluding hydrogens is 280 g/mol. The van der Waals surface area contributed by atoms with E-state index in [9.17, 15) is 0 Å². The van der Waals surface area contributed by atoms with Gasteiger partial charge in [-0.25, -0.2) is 0 Å². The zero-order chi connectivity index (χ0) is 14.5. The maximum Gasteiger partial charge on any atom is 0.0795 e. The van der Waals surface area contributed by atoms with Crippen molar-refractivity contribution < 1.29 is 4.74 Å². The van der Waals surface area contributed by atoms with E-state index >= 15 is 0 Å². The van der Waals surface area contributed by atoms with Gasteiger partial charge in [0, 0.05) is 31.0 Å². The summed E-state index contributed by atoms with van der Waals surface area (Å²) in [7, 11) is 0. The zero-order valence-corrected chi connectivity index (χ0v) is 14.4. The lowest BCUT2D eigenvalue weighted by Gasteiger charge is -2.47. The van der Waals surface area contributed by atoms with Gasteiger partial charge in [0.1, 0.15) is 0 Å².